The molecule has 0 fully saturated rings. The Labute approximate surface area is 98.7 Å². The molecule has 90 valence electrons. The van der Waals surface area contributed by atoms with E-state index in [0.29, 0.717) is 17.6 Å². The number of nitrogens with two attached hydrogens (primary N) is 1. The highest BCUT2D eigenvalue weighted by Gasteiger charge is 2.30. The number of carbonyl (C=O) groups excluding carboxylic acids is 1. The van der Waals surface area contributed by atoms with E-state index >= 15 is 0 Å². The van der Waals surface area contributed by atoms with E-state index in [1.165, 1.54) is 11.8 Å². The summed E-state index contributed by atoms with van der Waals surface area (Å²) in [5, 5.41) is 0.512. The van der Waals surface area contributed by atoms with Crippen molar-refractivity contribution < 1.29 is 13.9 Å². The van der Waals surface area contributed by atoms with Crippen LogP contribution >= 0.6 is 11.8 Å². The minimum atomic E-state index is -1.02. The summed E-state index contributed by atoms with van der Waals surface area (Å²) in [6, 6.07) is 0. The van der Waals surface area contributed by atoms with Gasteiger partial charge in [-0.2, -0.15) is 0 Å². The molecule has 0 spiro atoms. The molecule has 1 aromatic heterocycles. The predicted molar refractivity (Wildman–Crippen MR) is 61.2 cm³/mol. The van der Waals surface area contributed by atoms with Crippen molar-refractivity contribution in [2.75, 3.05) is 12.4 Å². The number of aryl methyl sites for hydroxylation is 1. The van der Waals surface area contributed by atoms with Gasteiger partial charge < -0.3 is 14.9 Å². The fraction of sp³-hybridized carbons (Fsp3) is 0.600. The number of hydrogen-bond donors (Lipinski definition) is 1. The topological polar surface area (TPSA) is 78.4 Å². The molecular weight excluding hydrogens is 228 g/mol. The van der Waals surface area contributed by atoms with E-state index in [9.17, 15) is 4.79 Å². The summed E-state index contributed by atoms with van der Waals surface area (Å²) in [5.41, 5.74) is 5.61. The van der Waals surface area contributed by atoms with Gasteiger partial charge in [0.2, 0.25) is 0 Å². The van der Waals surface area contributed by atoms with Gasteiger partial charge in [-0.3, -0.25) is 4.79 Å². The van der Waals surface area contributed by atoms with Crippen LogP contribution in [0.5, 0.6) is 0 Å². The van der Waals surface area contributed by atoms with E-state index in [1.54, 1.807) is 20.1 Å². The van der Waals surface area contributed by atoms with Crippen molar-refractivity contribution in [1.29, 1.82) is 0 Å². The van der Waals surface area contributed by atoms with E-state index in [0.717, 1.165) is 5.69 Å². The second-order valence-corrected chi connectivity index (χ2v) is 4.61. The van der Waals surface area contributed by atoms with Gasteiger partial charge >= 0.3 is 5.97 Å². The summed E-state index contributed by atoms with van der Waals surface area (Å²) in [6.45, 7) is 5.54. The Kier molecular flexibility index (Phi) is 4.37. The zero-order chi connectivity index (χ0) is 12.2. The highest BCUT2D eigenvalue weighted by Crippen LogP contribution is 2.21. The second kappa shape index (κ2) is 5.36. The first-order chi connectivity index (χ1) is 7.45. The zero-order valence-electron chi connectivity index (χ0n) is 9.65. The van der Waals surface area contributed by atoms with Crippen LogP contribution < -0.4 is 5.73 Å². The van der Waals surface area contributed by atoms with Gasteiger partial charge in [0.05, 0.1) is 12.3 Å². The molecule has 1 unspecified atom stereocenters. The highest BCUT2D eigenvalue weighted by molar-refractivity contribution is 7.99. The van der Waals surface area contributed by atoms with Crippen molar-refractivity contribution in [3.63, 3.8) is 0 Å². The Hall–Kier alpha value is -1.01. The maximum atomic E-state index is 11.5. The Morgan fingerprint density at radius 2 is 2.44 bits per heavy atom. The molecule has 1 heterocycles. The van der Waals surface area contributed by atoms with E-state index in [4.69, 9.17) is 14.9 Å². The molecule has 1 rings (SSSR count). The first-order valence-corrected chi connectivity index (χ1v) is 5.95. The number of carbonyl (C=O) groups is 1. The summed E-state index contributed by atoms with van der Waals surface area (Å²) in [7, 11) is 0. The Morgan fingerprint density at radius 3 is 2.94 bits per heavy atom. The first-order valence-electron chi connectivity index (χ1n) is 4.96. The second-order valence-electron chi connectivity index (χ2n) is 3.68. The lowest BCUT2D eigenvalue weighted by Gasteiger charge is -2.20. The van der Waals surface area contributed by atoms with Crippen molar-refractivity contribution in [1.82, 2.24) is 4.98 Å². The average molecular weight is 244 g/mol. The van der Waals surface area contributed by atoms with Gasteiger partial charge in [0.25, 0.3) is 5.22 Å². The molecule has 0 bridgehead atoms. The van der Waals surface area contributed by atoms with Crippen LogP contribution in [0.15, 0.2) is 15.9 Å². The van der Waals surface area contributed by atoms with Crippen molar-refractivity contribution in [3.8, 4) is 0 Å². The third kappa shape index (κ3) is 3.53. The highest BCUT2D eigenvalue weighted by atomic mass is 32.2. The van der Waals surface area contributed by atoms with Crippen molar-refractivity contribution in [3.05, 3.63) is 12.0 Å². The molecule has 0 saturated carbocycles. The molecule has 0 saturated heterocycles. The third-order valence-electron chi connectivity index (χ3n) is 1.84. The Balaban J connectivity index is 2.50. The van der Waals surface area contributed by atoms with Crippen molar-refractivity contribution in [2.45, 2.75) is 31.5 Å². The zero-order valence-corrected chi connectivity index (χ0v) is 10.5. The summed E-state index contributed by atoms with van der Waals surface area (Å²) in [6.07, 6.45) is 1.56. The van der Waals surface area contributed by atoms with Gasteiger partial charge in [0.1, 0.15) is 11.8 Å². The molecule has 0 aliphatic heterocycles. The van der Waals surface area contributed by atoms with E-state index in [-0.39, 0.29) is 0 Å². The van der Waals surface area contributed by atoms with Crippen molar-refractivity contribution in [2.24, 2.45) is 5.73 Å². The predicted octanol–water partition coefficient (Wildman–Crippen LogP) is 1.36. The molecule has 16 heavy (non-hydrogen) atoms. The normalized spacial score (nSPS) is 14.5. The van der Waals surface area contributed by atoms with Crippen LogP contribution in [-0.2, 0) is 9.53 Å². The van der Waals surface area contributed by atoms with Gasteiger partial charge in [0.15, 0.2) is 0 Å². The lowest BCUT2D eigenvalue weighted by molar-refractivity contribution is -0.148. The molecule has 2 N–H and O–H groups in total. The minimum Gasteiger partial charge on any atom is -0.465 e. The number of oxazole rings is 1. The number of rotatable bonds is 5. The lowest BCUT2D eigenvalue weighted by atomic mass is 10.1. The molecule has 1 atom stereocenters. The number of nitrogens with zero attached hydrogens (tertiary/aromatic N) is 1. The molecule has 6 heteroatoms. The van der Waals surface area contributed by atoms with Gasteiger partial charge in [-0.1, -0.05) is 11.8 Å². The average Bonchev–Trinajstić information content (AvgIpc) is 2.62. The van der Waals surface area contributed by atoms with Crippen LogP contribution in [0.4, 0.5) is 0 Å². The molecule has 0 aliphatic rings. The summed E-state index contributed by atoms with van der Waals surface area (Å²) in [5.74, 6) is -0.0445. The molecule has 0 aromatic carbocycles. The number of hydrogen-bond acceptors (Lipinski definition) is 6. The van der Waals surface area contributed by atoms with Gasteiger partial charge in [-0.05, 0) is 20.8 Å². The number of ether oxygens (including phenoxy) is 1. The van der Waals surface area contributed by atoms with Crippen LogP contribution in [-0.4, -0.2) is 28.9 Å². The Morgan fingerprint density at radius 1 is 1.75 bits per heavy atom. The largest absolute Gasteiger partial charge is 0.465 e. The molecular formula is C10H16N2O3S. The maximum Gasteiger partial charge on any atom is 0.326 e. The fourth-order valence-corrected chi connectivity index (χ4v) is 1.83. The molecule has 0 radical (unpaired) electrons. The Bertz CT molecular complexity index is 363. The van der Waals surface area contributed by atoms with Crippen LogP contribution in [0.2, 0.25) is 0 Å². The van der Waals surface area contributed by atoms with Gasteiger partial charge in [-0.15, -0.1) is 0 Å². The smallest absolute Gasteiger partial charge is 0.326 e. The van der Waals surface area contributed by atoms with E-state index in [2.05, 4.69) is 4.98 Å². The van der Waals surface area contributed by atoms with Crippen LogP contribution in [0.3, 0.4) is 0 Å². The standard InChI is InChI=1S/C10H16N2O3S/c1-4-14-8(13)10(3,11)6-16-9-12-7(2)5-15-9/h5H,4,6,11H2,1-3H3. The number of thioether (sulfide) groups is 1. The third-order valence-corrected chi connectivity index (χ3v) is 3.01. The van der Waals surface area contributed by atoms with Crippen molar-refractivity contribution >= 4 is 17.7 Å². The molecule has 1 aromatic rings. The lowest BCUT2D eigenvalue weighted by Crippen LogP contribution is -2.48. The maximum absolute atomic E-state index is 11.5. The quantitative estimate of drug-likeness (QED) is 0.622. The SMILES string of the molecule is CCOC(=O)C(C)(N)CSc1nc(C)co1. The van der Waals surface area contributed by atoms with Gasteiger partial charge in [-0.25, -0.2) is 4.98 Å². The number of aromatic nitrogens is 1. The minimum absolute atomic E-state index is 0.328. The van der Waals surface area contributed by atoms with E-state index < -0.39 is 11.5 Å². The molecule has 5 nitrogen and oxygen atoms in total. The number of esters is 1. The summed E-state index contributed by atoms with van der Waals surface area (Å²) < 4.78 is 10.0. The van der Waals surface area contributed by atoms with Crippen LogP contribution in [0, 0.1) is 6.92 Å². The summed E-state index contributed by atoms with van der Waals surface area (Å²) in [4.78, 5) is 15.6. The first kappa shape index (κ1) is 13.1. The van der Waals surface area contributed by atoms with Crippen LogP contribution in [0.25, 0.3) is 0 Å². The fourth-order valence-electron chi connectivity index (χ4n) is 0.965. The molecule has 0 amide bonds. The van der Waals surface area contributed by atoms with Crippen LogP contribution in [0.1, 0.15) is 19.5 Å². The van der Waals surface area contributed by atoms with Gasteiger partial charge in [0, 0.05) is 5.75 Å². The monoisotopic (exact) mass is 244 g/mol. The molecule has 0 aliphatic carbocycles. The van der Waals surface area contributed by atoms with E-state index in [1.807, 2.05) is 6.92 Å². The summed E-state index contributed by atoms with van der Waals surface area (Å²) >= 11 is 1.30.